The number of thioether (sulfide) groups is 1. The summed E-state index contributed by atoms with van der Waals surface area (Å²) in [4.78, 5) is 37.1. The second kappa shape index (κ2) is 8.17. The molecule has 0 unspecified atom stereocenters. The van der Waals surface area contributed by atoms with Gasteiger partial charge in [0.05, 0.1) is 17.3 Å². The SMILES string of the molecule is O=C(CSc1nnc(C[C@@H]2CCS(=O)(=O)C2)o1)NN1C(=O)NC2(CCCCC2)C1=O. The summed E-state index contributed by atoms with van der Waals surface area (Å²) in [6.07, 6.45) is 4.84. The van der Waals surface area contributed by atoms with Crippen LogP contribution in [0.5, 0.6) is 0 Å². The molecule has 4 amide bonds. The van der Waals surface area contributed by atoms with E-state index >= 15 is 0 Å². The summed E-state index contributed by atoms with van der Waals surface area (Å²) in [5, 5.41) is 11.4. The van der Waals surface area contributed by atoms with Crippen LogP contribution in [0.3, 0.4) is 0 Å². The number of carbonyl (C=O) groups excluding carboxylic acids is 3. The Morgan fingerprint density at radius 2 is 2.03 bits per heavy atom. The summed E-state index contributed by atoms with van der Waals surface area (Å²) in [6, 6.07) is -0.619. The molecular weight excluding hydrogens is 434 g/mol. The first-order valence-electron chi connectivity index (χ1n) is 9.88. The summed E-state index contributed by atoms with van der Waals surface area (Å²) in [6.45, 7) is 0. The van der Waals surface area contributed by atoms with Crippen LogP contribution in [0.1, 0.15) is 44.4 Å². The molecule has 1 atom stereocenters. The maximum atomic E-state index is 12.7. The van der Waals surface area contributed by atoms with Crippen molar-refractivity contribution in [3.8, 4) is 0 Å². The highest BCUT2D eigenvalue weighted by Crippen LogP contribution is 2.33. The summed E-state index contributed by atoms with van der Waals surface area (Å²) in [5.74, 6) is -0.499. The average Bonchev–Trinajstić information content (AvgIpc) is 3.35. The maximum Gasteiger partial charge on any atom is 0.344 e. The molecule has 1 saturated carbocycles. The number of sulfone groups is 1. The van der Waals surface area contributed by atoms with E-state index in [9.17, 15) is 22.8 Å². The number of nitrogens with zero attached hydrogens (tertiary/aromatic N) is 3. The maximum absolute atomic E-state index is 12.7. The second-order valence-electron chi connectivity index (χ2n) is 7.97. The van der Waals surface area contributed by atoms with Gasteiger partial charge in [0.1, 0.15) is 5.54 Å². The standard InChI is InChI=1S/C17H23N5O6S2/c23-12(21-22-14(24)17(18-15(22)25)5-2-1-3-6-17)9-29-16-20-19-13(28-16)8-11-4-7-30(26,27)10-11/h11H,1-10H2,(H,18,25)(H,21,23)/t11-/m0/s1. The van der Waals surface area contributed by atoms with Gasteiger partial charge in [-0.3, -0.25) is 15.0 Å². The molecule has 30 heavy (non-hydrogen) atoms. The van der Waals surface area contributed by atoms with Crippen LogP contribution in [0.4, 0.5) is 4.79 Å². The zero-order valence-corrected chi connectivity index (χ0v) is 17.9. The third-order valence-electron chi connectivity index (χ3n) is 5.67. The van der Waals surface area contributed by atoms with Gasteiger partial charge in [-0.1, -0.05) is 31.0 Å². The monoisotopic (exact) mass is 457 g/mol. The normalized spacial score (nSPS) is 24.9. The molecule has 2 N–H and O–H groups in total. The van der Waals surface area contributed by atoms with E-state index in [4.69, 9.17) is 4.42 Å². The molecule has 1 aromatic heterocycles. The number of hydrazine groups is 1. The van der Waals surface area contributed by atoms with E-state index in [1.54, 1.807) is 0 Å². The van der Waals surface area contributed by atoms with Crippen LogP contribution in [-0.4, -0.2) is 64.3 Å². The largest absolute Gasteiger partial charge is 0.416 e. The Morgan fingerprint density at radius 1 is 1.27 bits per heavy atom. The van der Waals surface area contributed by atoms with E-state index in [1.807, 2.05) is 0 Å². The van der Waals surface area contributed by atoms with Crippen LogP contribution in [0.2, 0.25) is 0 Å². The molecule has 3 fully saturated rings. The molecule has 1 aliphatic carbocycles. The summed E-state index contributed by atoms with van der Waals surface area (Å²) in [7, 11) is -2.97. The Bertz CT molecular complexity index is 956. The van der Waals surface area contributed by atoms with E-state index in [2.05, 4.69) is 20.9 Å². The first kappa shape index (κ1) is 21.1. The number of urea groups is 1. The molecule has 11 nitrogen and oxygen atoms in total. The lowest BCUT2D eigenvalue weighted by Crippen LogP contribution is -2.51. The van der Waals surface area contributed by atoms with Gasteiger partial charge in [0, 0.05) is 6.42 Å². The molecule has 1 spiro atoms. The van der Waals surface area contributed by atoms with Gasteiger partial charge < -0.3 is 9.73 Å². The topological polar surface area (TPSA) is 152 Å². The van der Waals surface area contributed by atoms with Crippen LogP contribution >= 0.6 is 11.8 Å². The number of carbonyl (C=O) groups is 3. The molecule has 164 valence electrons. The lowest BCUT2D eigenvalue weighted by molar-refractivity contribution is -0.139. The Kier molecular flexibility index (Phi) is 5.75. The van der Waals surface area contributed by atoms with E-state index in [0.717, 1.165) is 36.0 Å². The number of hydrogen-bond acceptors (Lipinski definition) is 9. The van der Waals surface area contributed by atoms with E-state index in [0.29, 0.717) is 31.6 Å². The predicted octanol–water partition coefficient (Wildman–Crippen LogP) is 0.425. The molecular formula is C17H23N5O6S2. The van der Waals surface area contributed by atoms with Gasteiger partial charge in [-0.2, -0.15) is 5.01 Å². The molecule has 0 radical (unpaired) electrons. The van der Waals surface area contributed by atoms with Crippen molar-refractivity contribution in [2.45, 2.75) is 55.7 Å². The van der Waals surface area contributed by atoms with Crippen molar-refractivity contribution in [3.05, 3.63) is 5.89 Å². The van der Waals surface area contributed by atoms with Gasteiger partial charge in [0.2, 0.25) is 11.8 Å². The van der Waals surface area contributed by atoms with Crippen LogP contribution in [0, 0.1) is 5.92 Å². The van der Waals surface area contributed by atoms with Crippen molar-refractivity contribution in [2.75, 3.05) is 17.3 Å². The molecule has 1 aromatic rings. The highest BCUT2D eigenvalue weighted by Gasteiger charge is 2.52. The average molecular weight is 458 g/mol. The minimum absolute atomic E-state index is 0.0385. The van der Waals surface area contributed by atoms with Gasteiger partial charge in [-0.15, -0.1) is 10.2 Å². The molecule has 2 saturated heterocycles. The fraction of sp³-hybridized carbons (Fsp3) is 0.706. The highest BCUT2D eigenvalue weighted by atomic mass is 32.2. The number of aromatic nitrogens is 2. The molecule has 13 heteroatoms. The predicted molar refractivity (Wildman–Crippen MR) is 105 cm³/mol. The molecule has 3 aliphatic rings. The fourth-order valence-corrected chi connectivity index (χ4v) is 6.59. The summed E-state index contributed by atoms with van der Waals surface area (Å²) in [5.41, 5.74) is 1.45. The number of amides is 4. The van der Waals surface area contributed by atoms with Crippen molar-refractivity contribution in [1.29, 1.82) is 0 Å². The minimum atomic E-state index is -2.97. The van der Waals surface area contributed by atoms with Gasteiger partial charge in [-0.05, 0) is 25.2 Å². The third kappa shape index (κ3) is 4.46. The van der Waals surface area contributed by atoms with E-state index in [1.165, 1.54) is 0 Å². The summed E-state index contributed by atoms with van der Waals surface area (Å²) < 4.78 is 28.5. The molecule has 4 rings (SSSR count). The fourth-order valence-electron chi connectivity index (χ4n) is 4.16. The van der Waals surface area contributed by atoms with E-state index < -0.39 is 33.2 Å². The molecule has 2 aliphatic heterocycles. The van der Waals surface area contributed by atoms with Crippen LogP contribution in [0.25, 0.3) is 0 Å². The Labute approximate surface area is 177 Å². The summed E-state index contributed by atoms with van der Waals surface area (Å²) >= 11 is 0.980. The zero-order valence-electron chi connectivity index (χ0n) is 16.3. The minimum Gasteiger partial charge on any atom is -0.416 e. The quantitative estimate of drug-likeness (QED) is 0.457. The van der Waals surface area contributed by atoms with Gasteiger partial charge >= 0.3 is 6.03 Å². The van der Waals surface area contributed by atoms with Gasteiger partial charge in [0.25, 0.3) is 11.1 Å². The van der Waals surface area contributed by atoms with Crippen LogP contribution in [-0.2, 0) is 25.8 Å². The lowest BCUT2D eigenvalue weighted by Gasteiger charge is -2.30. The molecule has 3 heterocycles. The van der Waals surface area contributed by atoms with Crippen LogP contribution in [0.15, 0.2) is 9.64 Å². The number of hydrogen-bond donors (Lipinski definition) is 2. The first-order valence-corrected chi connectivity index (χ1v) is 12.7. The van der Waals surface area contributed by atoms with Crippen molar-refractivity contribution < 1.29 is 27.2 Å². The van der Waals surface area contributed by atoms with Crippen molar-refractivity contribution >= 4 is 39.4 Å². The highest BCUT2D eigenvalue weighted by molar-refractivity contribution is 7.99. The zero-order chi connectivity index (χ0) is 21.4. The van der Waals surface area contributed by atoms with Crippen molar-refractivity contribution in [2.24, 2.45) is 5.92 Å². The van der Waals surface area contributed by atoms with Gasteiger partial charge in [0.15, 0.2) is 9.84 Å². The van der Waals surface area contributed by atoms with Crippen LogP contribution < -0.4 is 10.7 Å². The lowest BCUT2D eigenvalue weighted by atomic mass is 9.82. The Balaban J connectivity index is 1.27. The van der Waals surface area contributed by atoms with Crippen molar-refractivity contribution in [3.63, 3.8) is 0 Å². The first-order chi connectivity index (χ1) is 14.3. The number of rotatable bonds is 6. The molecule has 0 aromatic carbocycles. The Morgan fingerprint density at radius 3 is 2.73 bits per heavy atom. The molecule has 0 bridgehead atoms. The van der Waals surface area contributed by atoms with Gasteiger partial charge in [-0.25, -0.2) is 13.2 Å². The second-order valence-corrected chi connectivity index (χ2v) is 11.1. The third-order valence-corrected chi connectivity index (χ3v) is 8.33. The number of nitrogens with one attached hydrogen (secondary N) is 2. The Hall–Kier alpha value is -2.15. The van der Waals surface area contributed by atoms with E-state index in [-0.39, 0.29) is 28.4 Å². The smallest absolute Gasteiger partial charge is 0.344 e. The van der Waals surface area contributed by atoms with Crippen molar-refractivity contribution in [1.82, 2.24) is 25.9 Å². The number of imide groups is 1.